The van der Waals surface area contributed by atoms with Gasteiger partial charge in [-0.25, -0.2) is 0 Å². The Bertz CT molecular complexity index is 186. The van der Waals surface area contributed by atoms with E-state index < -0.39 is 0 Å². The van der Waals surface area contributed by atoms with Crippen molar-refractivity contribution in [2.24, 2.45) is 0 Å². The topological polar surface area (TPSA) is 52.6 Å². The van der Waals surface area contributed by atoms with Crippen molar-refractivity contribution < 1.29 is 19.1 Å². The zero-order chi connectivity index (χ0) is 10.8. The van der Waals surface area contributed by atoms with Gasteiger partial charge in [0.05, 0.1) is 14.2 Å². The standard InChI is InChI=1S/C10H16O4/c1-13-9(11)7-5-3-4-6-8-10(12)14-2/h3-4H,5-8H2,1-2H3/b4-3-. The third-order valence-corrected chi connectivity index (χ3v) is 1.65. The highest BCUT2D eigenvalue weighted by atomic mass is 16.5. The van der Waals surface area contributed by atoms with Crippen molar-refractivity contribution in [1.82, 2.24) is 0 Å². The van der Waals surface area contributed by atoms with E-state index in [0.717, 1.165) is 0 Å². The molecule has 4 nitrogen and oxygen atoms in total. The number of hydrogen-bond donors (Lipinski definition) is 0. The van der Waals surface area contributed by atoms with Gasteiger partial charge in [-0.3, -0.25) is 9.59 Å². The monoisotopic (exact) mass is 200 g/mol. The summed E-state index contributed by atoms with van der Waals surface area (Å²) in [6.45, 7) is 0. The molecule has 0 aromatic carbocycles. The van der Waals surface area contributed by atoms with Gasteiger partial charge < -0.3 is 9.47 Å². The molecule has 0 fully saturated rings. The Labute approximate surface area is 83.9 Å². The first-order valence-corrected chi connectivity index (χ1v) is 4.49. The summed E-state index contributed by atoms with van der Waals surface area (Å²) >= 11 is 0. The third kappa shape index (κ3) is 7.34. The number of rotatable bonds is 6. The van der Waals surface area contributed by atoms with Crippen molar-refractivity contribution in [2.45, 2.75) is 25.7 Å². The molecule has 0 unspecified atom stereocenters. The summed E-state index contributed by atoms with van der Waals surface area (Å²) in [6.07, 6.45) is 5.78. The fraction of sp³-hybridized carbons (Fsp3) is 0.600. The van der Waals surface area contributed by atoms with Crippen LogP contribution in [0.15, 0.2) is 12.2 Å². The van der Waals surface area contributed by atoms with Gasteiger partial charge >= 0.3 is 11.9 Å². The quantitative estimate of drug-likeness (QED) is 0.481. The molecule has 0 saturated heterocycles. The maximum Gasteiger partial charge on any atom is 0.305 e. The largest absolute Gasteiger partial charge is 0.469 e. The molecule has 80 valence electrons. The molecule has 0 amide bonds. The van der Waals surface area contributed by atoms with Gasteiger partial charge in [0.2, 0.25) is 0 Å². The van der Waals surface area contributed by atoms with E-state index >= 15 is 0 Å². The predicted octanol–water partition coefficient (Wildman–Crippen LogP) is 1.45. The maximum absolute atomic E-state index is 10.7. The predicted molar refractivity (Wildman–Crippen MR) is 51.6 cm³/mol. The lowest BCUT2D eigenvalue weighted by Gasteiger charge is -1.95. The fourth-order valence-electron chi connectivity index (χ4n) is 0.842. The fourth-order valence-corrected chi connectivity index (χ4v) is 0.842. The summed E-state index contributed by atoms with van der Waals surface area (Å²) < 4.78 is 8.93. The highest BCUT2D eigenvalue weighted by Crippen LogP contribution is 1.97. The molecule has 14 heavy (non-hydrogen) atoms. The van der Waals surface area contributed by atoms with E-state index in [9.17, 15) is 9.59 Å². The molecule has 0 aliphatic rings. The third-order valence-electron chi connectivity index (χ3n) is 1.65. The van der Waals surface area contributed by atoms with Gasteiger partial charge in [0, 0.05) is 12.8 Å². The van der Waals surface area contributed by atoms with E-state index in [4.69, 9.17) is 0 Å². The van der Waals surface area contributed by atoms with E-state index in [1.54, 1.807) is 0 Å². The minimum absolute atomic E-state index is 0.220. The van der Waals surface area contributed by atoms with E-state index in [1.807, 2.05) is 12.2 Å². The molecule has 0 rings (SSSR count). The van der Waals surface area contributed by atoms with E-state index in [-0.39, 0.29) is 11.9 Å². The van der Waals surface area contributed by atoms with Crippen LogP contribution in [-0.2, 0) is 19.1 Å². The molecule has 0 aliphatic heterocycles. The van der Waals surface area contributed by atoms with E-state index in [2.05, 4.69) is 9.47 Å². The van der Waals surface area contributed by atoms with Crippen LogP contribution in [0.2, 0.25) is 0 Å². The van der Waals surface area contributed by atoms with Crippen LogP contribution < -0.4 is 0 Å². The summed E-state index contributed by atoms with van der Waals surface area (Å²) in [4.78, 5) is 21.3. The number of methoxy groups -OCH3 is 2. The van der Waals surface area contributed by atoms with Crippen LogP contribution in [0.1, 0.15) is 25.7 Å². The van der Waals surface area contributed by atoms with Crippen molar-refractivity contribution in [3.63, 3.8) is 0 Å². The highest BCUT2D eigenvalue weighted by Gasteiger charge is 1.97. The average molecular weight is 200 g/mol. The smallest absolute Gasteiger partial charge is 0.305 e. The molecule has 4 heteroatoms. The second kappa shape index (κ2) is 8.29. The molecule has 0 aromatic rings. The first-order valence-electron chi connectivity index (χ1n) is 4.49. The van der Waals surface area contributed by atoms with Crippen molar-refractivity contribution in [3.8, 4) is 0 Å². The van der Waals surface area contributed by atoms with Crippen LogP contribution in [-0.4, -0.2) is 26.2 Å². The number of hydrogen-bond acceptors (Lipinski definition) is 4. The van der Waals surface area contributed by atoms with Crippen molar-refractivity contribution in [2.75, 3.05) is 14.2 Å². The van der Waals surface area contributed by atoms with Gasteiger partial charge in [-0.2, -0.15) is 0 Å². The van der Waals surface area contributed by atoms with E-state index in [0.29, 0.717) is 25.7 Å². The number of carbonyl (C=O) groups excluding carboxylic acids is 2. The molecule has 0 bridgehead atoms. The van der Waals surface area contributed by atoms with Crippen LogP contribution in [0.5, 0.6) is 0 Å². The summed E-state index contributed by atoms with van der Waals surface area (Å²) in [5, 5.41) is 0. The molecule has 0 saturated carbocycles. The van der Waals surface area contributed by atoms with Crippen LogP contribution >= 0.6 is 0 Å². The first kappa shape index (κ1) is 12.7. The van der Waals surface area contributed by atoms with Gasteiger partial charge in [-0.1, -0.05) is 12.2 Å². The minimum Gasteiger partial charge on any atom is -0.469 e. The first-order chi connectivity index (χ1) is 6.70. The van der Waals surface area contributed by atoms with Gasteiger partial charge in [0.15, 0.2) is 0 Å². The number of allylic oxidation sites excluding steroid dienone is 2. The summed E-state index contributed by atoms with van der Waals surface area (Å²) in [5.41, 5.74) is 0. The Balaban J connectivity index is 3.36. The van der Waals surface area contributed by atoms with E-state index in [1.165, 1.54) is 14.2 Å². The van der Waals surface area contributed by atoms with Crippen LogP contribution in [0.25, 0.3) is 0 Å². The molecule has 0 atom stereocenters. The molecule has 0 radical (unpaired) electrons. The molecular formula is C10H16O4. The number of esters is 2. The average Bonchev–Trinajstić information content (AvgIpc) is 2.22. The molecule has 0 N–H and O–H groups in total. The van der Waals surface area contributed by atoms with Gasteiger partial charge in [0.25, 0.3) is 0 Å². The Morgan fingerprint density at radius 2 is 1.29 bits per heavy atom. The molecular weight excluding hydrogens is 184 g/mol. The van der Waals surface area contributed by atoms with Gasteiger partial charge in [-0.05, 0) is 12.8 Å². The van der Waals surface area contributed by atoms with Gasteiger partial charge in [0.1, 0.15) is 0 Å². The second-order valence-corrected chi connectivity index (χ2v) is 2.70. The Kier molecular flexibility index (Phi) is 7.50. The number of carbonyl (C=O) groups is 2. The highest BCUT2D eigenvalue weighted by molar-refractivity contribution is 5.69. The number of ether oxygens (including phenoxy) is 2. The molecule has 0 aliphatic carbocycles. The lowest BCUT2D eigenvalue weighted by molar-refractivity contribution is -0.141. The minimum atomic E-state index is -0.220. The molecule has 0 aromatic heterocycles. The summed E-state index contributed by atoms with van der Waals surface area (Å²) in [5.74, 6) is -0.440. The zero-order valence-electron chi connectivity index (χ0n) is 8.62. The van der Waals surface area contributed by atoms with Gasteiger partial charge in [-0.15, -0.1) is 0 Å². The summed E-state index contributed by atoms with van der Waals surface area (Å²) in [6, 6.07) is 0. The Morgan fingerprint density at radius 1 is 0.929 bits per heavy atom. The van der Waals surface area contributed by atoms with Crippen LogP contribution in [0.3, 0.4) is 0 Å². The van der Waals surface area contributed by atoms with Crippen molar-refractivity contribution in [1.29, 1.82) is 0 Å². The van der Waals surface area contributed by atoms with Crippen LogP contribution in [0.4, 0.5) is 0 Å². The molecule has 0 heterocycles. The lowest BCUT2D eigenvalue weighted by Crippen LogP contribution is -1.99. The summed E-state index contributed by atoms with van der Waals surface area (Å²) in [7, 11) is 2.73. The SMILES string of the molecule is COC(=O)CC/C=C\CCC(=O)OC. The van der Waals surface area contributed by atoms with Crippen molar-refractivity contribution in [3.05, 3.63) is 12.2 Å². The Morgan fingerprint density at radius 3 is 1.57 bits per heavy atom. The van der Waals surface area contributed by atoms with Crippen molar-refractivity contribution >= 4 is 11.9 Å². The normalized spacial score (nSPS) is 10.1. The maximum atomic E-state index is 10.7. The zero-order valence-corrected chi connectivity index (χ0v) is 8.62. The Hall–Kier alpha value is -1.32. The molecule has 0 spiro atoms. The van der Waals surface area contributed by atoms with Crippen LogP contribution in [0, 0.1) is 0 Å². The second-order valence-electron chi connectivity index (χ2n) is 2.70. The lowest BCUT2D eigenvalue weighted by atomic mass is 10.2.